The number of aryl methyl sites for hydroxylation is 1. The summed E-state index contributed by atoms with van der Waals surface area (Å²) in [4.78, 5) is 4.64. The van der Waals surface area contributed by atoms with Crippen LogP contribution in [0.1, 0.15) is 34.7 Å². The monoisotopic (exact) mass is 418 g/mol. The Bertz CT molecular complexity index is 1320. The fourth-order valence-electron chi connectivity index (χ4n) is 3.98. The summed E-state index contributed by atoms with van der Waals surface area (Å²) in [6.45, 7) is 3.98. The molecule has 0 radical (unpaired) electrons. The normalized spacial score (nSPS) is 13.1. The van der Waals surface area contributed by atoms with E-state index in [0.29, 0.717) is 12.3 Å². The minimum Gasteiger partial charge on any atom is -0.481 e. The number of methoxy groups -OCH3 is 1. The van der Waals surface area contributed by atoms with Gasteiger partial charge in [-0.1, -0.05) is 78.9 Å². The number of aromatic nitrogens is 1. The molecule has 1 atom stereocenters. The molecule has 1 unspecified atom stereocenters. The van der Waals surface area contributed by atoms with E-state index in [0.717, 1.165) is 38.7 Å². The topological polar surface area (TPSA) is 45.9 Å². The van der Waals surface area contributed by atoms with Gasteiger partial charge in [0.1, 0.15) is 0 Å². The second kappa shape index (κ2) is 9.08. The predicted octanol–water partition coefficient (Wildman–Crippen LogP) is 6.75. The van der Waals surface area contributed by atoms with Gasteiger partial charge >= 0.3 is 0 Å². The van der Waals surface area contributed by atoms with Crippen LogP contribution in [-0.2, 0) is 11.8 Å². The number of benzene rings is 3. The Morgan fingerprint density at radius 2 is 1.69 bits per heavy atom. The Hall–Kier alpha value is -3.90. The van der Waals surface area contributed by atoms with Crippen LogP contribution in [0, 0.1) is 18.3 Å². The van der Waals surface area contributed by atoms with Crippen LogP contribution in [-0.4, -0.2) is 12.1 Å². The van der Waals surface area contributed by atoms with Crippen molar-refractivity contribution in [2.24, 2.45) is 0 Å². The van der Waals surface area contributed by atoms with Crippen molar-refractivity contribution in [3.8, 4) is 11.9 Å². The number of nitrogens with zero attached hydrogens (tertiary/aromatic N) is 2. The number of nitriles is 1. The van der Waals surface area contributed by atoms with Gasteiger partial charge in [0.25, 0.3) is 0 Å². The van der Waals surface area contributed by atoms with Gasteiger partial charge in [0, 0.05) is 10.9 Å². The molecule has 0 aliphatic heterocycles. The first-order valence-electron chi connectivity index (χ1n) is 10.7. The van der Waals surface area contributed by atoms with Gasteiger partial charge in [0.2, 0.25) is 5.88 Å². The largest absolute Gasteiger partial charge is 0.481 e. The van der Waals surface area contributed by atoms with Crippen molar-refractivity contribution in [3.05, 3.63) is 107 Å². The molecule has 0 saturated heterocycles. The van der Waals surface area contributed by atoms with Crippen LogP contribution in [0.15, 0.2) is 78.9 Å². The van der Waals surface area contributed by atoms with Crippen molar-refractivity contribution in [2.45, 2.75) is 25.7 Å². The molecule has 0 aliphatic rings. The molecular formula is C29H26N2O. The summed E-state index contributed by atoms with van der Waals surface area (Å²) >= 11 is 0. The summed E-state index contributed by atoms with van der Waals surface area (Å²) in [7, 11) is 1.63. The molecule has 4 rings (SSSR count). The van der Waals surface area contributed by atoms with E-state index in [9.17, 15) is 5.26 Å². The standard InChI is InChI=1S/C29H26N2O/c1-21-16-25-14-15-26(18-27(25)31-28(21)32-3)29(2,20-30)19-24-11-7-10-23(17-24)13-12-22-8-5-4-6-9-22/h4-18H,19H2,1-3H3. The number of hydrogen-bond donors (Lipinski definition) is 0. The van der Waals surface area contributed by atoms with Gasteiger partial charge in [-0.25, -0.2) is 4.98 Å². The van der Waals surface area contributed by atoms with Gasteiger partial charge in [0.05, 0.1) is 24.1 Å². The molecule has 32 heavy (non-hydrogen) atoms. The zero-order valence-electron chi connectivity index (χ0n) is 18.7. The van der Waals surface area contributed by atoms with E-state index in [-0.39, 0.29) is 0 Å². The van der Waals surface area contributed by atoms with Crippen molar-refractivity contribution in [3.63, 3.8) is 0 Å². The van der Waals surface area contributed by atoms with Crippen LogP contribution in [0.2, 0.25) is 0 Å². The van der Waals surface area contributed by atoms with E-state index in [2.05, 4.69) is 59.6 Å². The van der Waals surface area contributed by atoms with Crippen LogP contribution in [0.4, 0.5) is 0 Å². The van der Waals surface area contributed by atoms with Gasteiger partial charge in [-0.15, -0.1) is 0 Å². The van der Waals surface area contributed by atoms with E-state index in [1.165, 1.54) is 0 Å². The van der Waals surface area contributed by atoms with E-state index in [1.807, 2.05) is 56.3 Å². The zero-order valence-corrected chi connectivity index (χ0v) is 18.7. The summed E-state index contributed by atoms with van der Waals surface area (Å²) in [5.41, 5.74) is 5.52. The van der Waals surface area contributed by atoms with Gasteiger partial charge in [-0.2, -0.15) is 5.26 Å². The molecular weight excluding hydrogens is 392 g/mol. The first-order valence-corrected chi connectivity index (χ1v) is 10.7. The highest BCUT2D eigenvalue weighted by Crippen LogP contribution is 2.31. The number of hydrogen-bond acceptors (Lipinski definition) is 3. The third-order valence-corrected chi connectivity index (χ3v) is 5.82. The lowest BCUT2D eigenvalue weighted by Gasteiger charge is -2.23. The summed E-state index contributed by atoms with van der Waals surface area (Å²) in [5.74, 6) is 0.617. The fraction of sp³-hybridized carbons (Fsp3) is 0.172. The Morgan fingerprint density at radius 1 is 0.938 bits per heavy atom. The molecule has 0 amide bonds. The molecule has 1 heterocycles. The second-order valence-electron chi connectivity index (χ2n) is 8.33. The van der Waals surface area contributed by atoms with Crippen molar-refractivity contribution in [1.29, 1.82) is 5.26 Å². The number of pyridine rings is 1. The van der Waals surface area contributed by atoms with Crippen molar-refractivity contribution < 1.29 is 4.74 Å². The molecule has 0 spiro atoms. The molecule has 0 fully saturated rings. The minimum atomic E-state index is -0.671. The number of rotatable bonds is 6. The predicted molar refractivity (Wildman–Crippen MR) is 132 cm³/mol. The highest BCUT2D eigenvalue weighted by atomic mass is 16.5. The van der Waals surface area contributed by atoms with Gasteiger partial charge in [-0.05, 0) is 54.7 Å². The minimum absolute atomic E-state index is 0.616. The maximum absolute atomic E-state index is 10.1. The van der Waals surface area contributed by atoms with Crippen molar-refractivity contribution >= 4 is 23.1 Å². The number of fused-ring (bicyclic) bond motifs is 1. The summed E-state index contributed by atoms with van der Waals surface area (Å²) in [5, 5.41) is 11.2. The molecule has 3 heteroatoms. The number of ether oxygens (including phenoxy) is 1. The molecule has 0 saturated carbocycles. The second-order valence-corrected chi connectivity index (χ2v) is 8.33. The average Bonchev–Trinajstić information content (AvgIpc) is 2.83. The third kappa shape index (κ3) is 4.55. The first kappa shape index (κ1) is 21.3. The van der Waals surface area contributed by atoms with Gasteiger partial charge in [-0.3, -0.25) is 0 Å². The smallest absolute Gasteiger partial charge is 0.216 e. The molecule has 0 aliphatic carbocycles. The molecule has 1 aromatic heterocycles. The van der Waals surface area contributed by atoms with Crippen LogP contribution in [0.5, 0.6) is 5.88 Å². The lowest BCUT2D eigenvalue weighted by Crippen LogP contribution is -2.23. The van der Waals surface area contributed by atoms with Crippen molar-refractivity contribution in [1.82, 2.24) is 4.98 Å². The van der Waals surface area contributed by atoms with Crippen LogP contribution < -0.4 is 4.74 Å². The Morgan fingerprint density at radius 3 is 2.44 bits per heavy atom. The van der Waals surface area contributed by atoms with Crippen LogP contribution >= 0.6 is 0 Å². The fourth-order valence-corrected chi connectivity index (χ4v) is 3.98. The van der Waals surface area contributed by atoms with E-state index >= 15 is 0 Å². The highest BCUT2D eigenvalue weighted by molar-refractivity contribution is 5.81. The SMILES string of the molecule is COc1nc2cc(C(C)(C#N)Cc3cccc(C=Cc4ccccc4)c3)ccc2cc1C. The van der Waals surface area contributed by atoms with Crippen LogP contribution in [0.25, 0.3) is 23.1 Å². The lowest BCUT2D eigenvalue weighted by molar-refractivity contribution is 0.396. The molecule has 3 aromatic carbocycles. The highest BCUT2D eigenvalue weighted by Gasteiger charge is 2.27. The van der Waals surface area contributed by atoms with E-state index in [1.54, 1.807) is 7.11 Å². The maximum atomic E-state index is 10.1. The molecule has 0 bridgehead atoms. The Balaban J connectivity index is 1.63. The van der Waals surface area contributed by atoms with Crippen LogP contribution in [0.3, 0.4) is 0 Å². The first-order chi connectivity index (χ1) is 15.5. The summed E-state index contributed by atoms with van der Waals surface area (Å²) < 4.78 is 5.39. The Labute approximate surface area is 189 Å². The Kier molecular flexibility index (Phi) is 6.05. The van der Waals surface area contributed by atoms with Gasteiger partial charge < -0.3 is 4.74 Å². The molecule has 158 valence electrons. The molecule has 4 aromatic rings. The molecule has 0 N–H and O–H groups in total. The van der Waals surface area contributed by atoms with E-state index in [4.69, 9.17) is 4.74 Å². The summed E-state index contributed by atoms with van der Waals surface area (Å²) in [6, 6.07) is 29.3. The quantitative estimate of drug-likeness (QED) is 0.326. The zero-order chi connectivity index (χ0) is 22.6. The lowest BCUT2D eigenvalue weighted by atomic mass is 9.78. The third-order valence-electron chi connectivity index (χ3n) is 5.82. The van der Waals surface area contributed by atoms with Gasteiger partial charge in [0.15, 0.2) is 0 Å². The van der Waals surface area contributed by atoms with E-state index < -0.39 is 5.41 Å². The summed E-state index contributed by atoms with van der Waals surface area (Å²) in [6.07, 6.45) is 4.83. The van der Waals surface area contributed by atoms with Crippen molar-refractivity contribution in [2.75, 3.05) is 7.11 Å². The molecule has 3 nitrogen and oxygen atoms in total. The maximum Gasteiger partial charge on any atom is 0.216 e. The average molecular weight is 419 g/mol.